The Morgan fingerprint density at radius 3 is 1.50 bits per heavy atom. The molecule has 0 aromatic carbocycles. The van der Waals surface area contributed by atoms with Crippen molar-refractivity contribution in [3.63, 3.8) is 0 Å². The highest BCUT2D eigenvalue weighted by atomic mass is 16.1. The van der Waals surface area contributed by atoms with Gasteiger partial charge in [0.15, 0.2) is 0 Å². The first-order chi connectivity index (χ1) is 4.63. The highest BCUT2D eigenvalue weighted by Crippen LogP contribution is 2.10. The van der Waals surface area contributed by atoms with Crippen LogP contribution in [0.5, 0.6) is 0 Å². The van der Waals surface area contributed by atoms with Crippen molar-refractivity contribution in [1.82, 2.24) is 0 Å². The Bertz CT molecular complexity index is 237. The fraction of sp³-hybridized carbons (Fsp3) is 0.200. The number of hydrogen-bond donors (Lipinski definition) is 1. The Morgan fingerprint density at radius 1 is 1.20 bits per heavy atom. The van der Waals surface area contributed by atoms with Crippen molar-refractivity contribution in [2.45, 2.75) is 0 Å². The average molecular weight is 134 g/mol. The maximum atomic E-state index is 10.3. The summed E-state index contributed by atoms with van der Waals surface area (Å²) < 4.78 is 0. The van der Waals surface area contributed by atoms with Crippen molar-refractivity contribution >= 4 is 5.91 Å². The summed E-state index contributed by atoms with van der Waals surface area (Å²) in [4.78, 5) is 10.3. The van der Waals surface area contributed by atoms with E-state index in [1.165, 1.54) is 18.2 Å². The second-order valence-electron chi connectivity index (χ2n) is 1.45. The summed E-state index contributed by atoms with van der Waals surface area (Å²) in [6, 6.07) is 3.65. The summed E-state index contributed by atoms with van der Waals surface area (Å²) in [6.45, 7) is 0. The molecule has 0 aliphatic rings. The molecule has 10 heavy (non-hydrogen) atoms. The first-order valence-electron chi connectivity index (χ1n) is 2.16. The van der Waals surface area contributed by atoms with E-state index in [4.69, 9.17) is 15.8 Å². The summed E-state index contributed by atoms with van der Waals surface area (Å²) >= 11 is 0. The lowest BCUT2D eigenvalue weighted by Gasteiger charge is -1.99. The molecule has 0 unspecified atom stereocenters. The largest absolute Gasteiger partial charge is 0.366 e. The van der Waals surface area contributed by atoms with Crippen LogP contribution in [0.15, 0.2) is 0 Å². The number of primary amides is 1. The van der Waals surface area contributed by atoms with E-state index in [2.05, 4.69) is 5.73 Å². The SMILES string of the molecule is N#CC(C#N)(C#N)C(N)=O. The zero-order valence-electron chi connectivity index (χ0n) is 4.83. The quantitative estimate of drug-likeness (QED) is 0.496. The molecule has 0 radical (unpaired) electrons. The summed E-state index contributed by atoms with van der Waals surface area (Å²) in [5, 5.41) is 24.5. The van der Waals surface area contributed by atoms with Gasteiger partial charge in [-0.3, -0.25) is 4.79 Å². The minimum absolute atomic E-state index is 1.22. The minimum Gasteiger partial charge on any atom is -0.366 e. The zero-order chi connectivity index (χ0) is 8.20. The van der Waals surface area contributed by atoms with Crippen molar-refractivity contribution in [3.8, 4) is 18.2 Å². The van der Waals surface area contributed by atoms with Crippen LogP contribution in [0.2, 0.25) is 0 Å². The van der Waals surface area contributed by atoms with Crippen LogP contribution >= 0.6 is 0 Å². The van der Waals surface area contributed by atoms with Gasteiger partial charge in [-0.15, -0.1) is 0 Å². The van der Waals surface area contributed by atoms with Gasteiger partial charge in [-0.2, -0.15) is 15.8 Å². The maximum absolute atomic E-state index is 10.3. The fourth-order valence-electron chi connectivity index (χ4n) is 0.240. The van der Waals surface area contributed by atoms with E-state index in [9.17, 15) is 4.79 Å². The lowest BCUT2D eigenvalue weighted by molar-refractivity contribution is -0.120. The van der Waals surface area contributed by atoms with Crippen LogP contribution in [0.1, 0.15) is 0 Å². The Labute approximate surface area is 56.9 Å². The number of carbonyl (C=O) groups excluding carboxylic acids is 1. The molecule has 0 rings (SSSR count). The topological polar surface area (TPSA) is 114 Å². The van der Waals surface area contributed by atoms with E-state index < -0.39 is 11.3 Å². The molecule has 0 aliphatic heterocycles. The Kier molecular flexibility index (Phi) is 1.97. The van der Waals surface area contributed by atoms with Gasteiger partial charge in [0.05, 0.1) is 0 Å². The van der Waals surface area contributed by atoms with Crippen molar-refractivity contribution in [2.24, 2.45) is 11.1 Å². The van der Waals surface area contributed by atoms with E-state index in [-0.39, 0.29) is 0 Å². The van der Waals surface area contributed by atoms with Gasteiger partial charge in [0, 0.05) is 0 Å². The molecule has 5 heteroatoms. The molecule has 0 bridgehead atoms. The highest BCUT2D eigenvalue weighted by Gasteiger charge is 2.37. The lowest BCUT2D eigenvalue weighted by atomic mass is 9.94. The summed E-state index contributed by atoms with van der Waals surface area (Å²) in [5.74, 6) is -1.24. The Balaban J connectivity index is 5.00. The Hall–Kier alpha value is -2.06. The predicted molar refractivity (Wildman–Crippen MR) is 28.5 cm³/mol. The second-order valence-corrected chi connectivity index (χ2v) is 1.45. The van der Waals surface area contributed by atoms with Crippen LogP contribution in [0, 0.1) is 39.4 Å². The normalized spacial score (nSPS) is 8.50. The number of carbonyl (C=O) groups is 1. The van der Waals surface area contributed by atoms with Crippen LogP contribution < -0.4 is 5.73 Å². The van der Waals surface area contributed by atoms with E-state index >= 15 is 0 Å². The maximum Gasteiger partial charge on any atom is 0.304 e. The fourth-order valence-corrected chi connectivity index (χ4v) is 0.240. The third-order valence-electron chi connectivity index (χ3n) is 0.873. The monoisotopic (exact) mass is 134 g/mol. The van der Waals surface area contributed by atoms with Crippen molar-refractivity contribution in [1.29, 1.82) is 15.8 Å². The third kappa shape index (κ3) is 0.866. The summed E-state index contributed by atoms with van der Waals surface area (Å²) in [7, 11) is 0. The number of rotatable bonds is 1. The highest BCUT2D eigenvalue weighted by molar-refractivity contribution is 5.90. The average Bonchev–Trinajstić information content (AvgIpc) is 1.92. The van der Waals surface area contributed by atoms with E-state index in [1.54, 1.807) is 0 Å². The smallest absolute Gasteiger partial charge is 0.304 e. The molecule has 0 heterocycles. The molecule has 48 valence electrons. The van der Waals surface area contributed by atoms with Crippen LogP contribution in [0.4, 0.5) is 0 Å². The van der Waals surface area contributed by atoms with Crippen LogP contribution in [0.25, 0.3) is 0 Å². The van der Waals surface area contributed by atoms with Crippen molar-refractivity contribution in [3.05, 3.63) is 0 Å². The first-order valence-corrected chi connectivity index (χ1v) is 2.16. The molecule has 0 atom stereocenters. The van der Waals surface area contributed by atoms with Crippen LogP contribution in [0.3, 0.4) is 0 Å². The second kappa shape index (κ2) is 2.48. The number of hydrogen-bond acceptors (Lipinski definition) is 4. The van der Waals surface area contributed by atoms with Crippen molar-refractivity contribution in [2.75, 3.05) is 0 Å². The summed E-state index contributed by atoms with van der Waals surface area (Å²) in [5.41, 5.74) is 2.28. The van der Waals surface area contributed by atoms with Gasteiger partial charge in [0.2, 0.25) is 0 Å². The number of nitriles is 3. The molecule has 1 amide bonds. The zero-order valence-corrected chi connectivity index (χ0v) is 4.83. The molecule has 0 fully saturated rings. The molecular weight excluding hydrogens is 132 g/mol. The first kappa shape index (κ1) is 7.94. The Morgan fingerprint density at radius 2 is 1.50 bits per heavy atom. The third-order valence-corrected chi connectivity index (χ3v) is 0.873. The molecule has 0 aromatic heterocycles. The van der Waals surface area contributed by atoms with Gasteiger partial charge in [0.25, 0.3) is 5.91 Å². The number of amides is 1. The van der Waals surface area contributed by atoms with Gasteiger partial charge < -0.3 is 5.73 Å². The summed E-state index contributed by atoms with van der Waals surface area (Å²) in [6.07, 6.45) is 0. The van der Waals surface area contributed by atoms with Gasteiger partial charge in [-0.25, -0.2) is 0 Å². The lowest BCUT2D eigenvalue weighted by Crippen LogP contribution is -2.32. The van der Waals surface area contributed by atoms with E-state index in [0.717, 1.165) is 0 Å². The van der Waals surface area contributed by atoms with E-state index in [1.807, 2.05) is 0 Å². The molecule has 5 nitrogen and oxygen atoms in total. The molecule has 0 saturated heterocycles. The van der Waals surface area contributed by atoms with Crippen LogP contribution in [-0.4, -0.2) is 5.91 Å². The van der Waals surface area contributed by atoms with Gasteiger partial charge >= 0.3 is 5.41 Å². The van der Waals surface area contributed by atoms with Crippen LogP contribution in [-0.2, 0) is 4.79 Å². The van der Waals surface area contributed by atoms with Crippen molar-refractivity contribution < 1.29 is 4.79 Å². The standard InChI is InChI=1S/C5H2N4O/c6-1-5(2-7,3-8)4(9)10/h(H2,9,10). The van der Waals surface area contributed by atoms with Gasteiger partial charge in [0.1, 0.15) is 18.2 Å². The molecule has 0 saturated carbocycles. The molecule has 2 N–H and O–H groups in total. The number of nitrogens with zero attached hydrogens (tertiary/aromatic N) is 3. The molecule has 0 spiro atoms. The minimum atomic E-state index is -2.32. The molecule has 0 aromatic rings. The molecular formula is C5H2N4O. The van der Waals surface area contributed by atoms with E-state index in [0.29, 0.717) is 0 Å². The van der Waals surface area contributed by atoms with Gasteiger partial charge in [-0.1, -0.05) is 0 Å². The predicted octanol–water partition coefficient (Wildman–Crippen LogP) is -0.971. The van der Waals surface area contributed by atoms with Gasteiger partial charge in [-0.05, 0) is 0 Å². The number of nitrogens with two attached hydrogens (primary N) is 1. The molecule has 0 aliphatic carbocycles.